The first kappa shape index (κ1) is 24.5. The van der Waals surface area contributed by atoms with E-state index in [9.17, 15) is 13.2 Å². The molecule has 0 unspecified atom stereocenters. The number of alkyl halides is 3. The van der Waals surface area contributed by atoms with Crippen molar-refractivity contribution in [3.8, 4) is 0 Å². The monoisotopic (exact) mass is 511 g/mol. The molecule has 1 heterocycles. The number of nitrogens with one attached hydrogen (secondary N) is 3. The Morgan fingerprint density at radius 2 is 2.00 bits per heavy atom. The third kappa shape index (κ3) is 7.86. The number of rotatable bonds is 8. The second-order valence-electron chi connectivity index (χ2n) is 6.60. The van der Waals surface area contributed by atoms with E-state index in [1.165, 1.54) is 28.5 Å². The summed E-state index contributed by atoms with van der Waals surface area (Å²) in [6.45, 7) is 5.03. The van der Waals surface area contributed by atoms with Crippen LogP contribution >= 0.6 is 24.0 Å². The van der Waals surface area contributed by atoms with Crippen molar-refractivity contribution in [1.29, 1.82) is 0 Å². The Kier molecular flexibility index (Phi) is 10.1. The van der Waals surface area contributed by atoms with Crippen LogP contribution in [0.25, 0.3) is 10.9 Å². The molecule has 0 saturated heterocycles. The summed E-state index contributed by atoms with van der Waals surface area (Å²) in [5.74, 6) is 0.619. The summed E-state index contributed by atoms with van der Waals surface area (Å²) in [7, 11) is 1.45. The van der Waals surface area contributed by atoms with Crippen LogP contribution in [-0.2, 0) is 6.42 Å². The third-order valence-corrected chi connectivity index (χ3v) is 4.24. The maximum Gasteiger partial charge on any atom is 0.401 e. The number of H-pyrrole nitrogens is 1. The van der Waals surface area contributed by atoms with Gasteiger partial charge in [-0.25, -0.2) is 0 Å². The number of fused-ring (bicyclic) bond motifs is 1. The zero-order chi connectivity index (χ0) is 19.9. The van der Waals surface area contributed by atoms with Gasteiger partial charge in [-0.15, -0.1) is 24.0 Å². The Bertz CT molecular complexity index is 758. The maximum atomic E-state index is 12.3. The van der Waals surface area contributed by atoms with Crippen LogP contribution in [0, 0.1) is 6.92 Å². The molecule has 1 aromatic heterocycles. The topological polar surface area (TPSA) is 55.5 Å². The molecule has 0 amide bonds. The van der Waals surface area contributed by atoms with Gasteiger partial charge in [0.05, 0.1) is 13.1 Å². The lowest BCUT2D eigenvalue weighted by Crippen LogP contribution is -2.39. The van der Waals surface area contributed by atoms with Crippen LogP contribution in [0.1, 0.15) is 18.1 Å². The second-order valence-corrected chi connectivity index (χ2v) is 6.60. The summed E-state index contributed by atoms with van der Waals surface area (Å²) in [5.41, 5.74) is 3.59. The Morgan fingerprint density at radius 1 is 1.25 bits per heavy atom. The van der Waals surface area contributed by atoms with E-state index in [0.29, 0.717) is 25.6 Å². The lowest BCUT2D eigenvalue weighted by molar-refractivity contribution is -0.142. The number of aryl methyl sites for hydroxylation is 1. The van der Waals surface area contributed by atoms with Gasteiger partial charge in [0.1, 0.15) is 0 Å². The molecular weight excluding hydrogens is 482 g/mol. The Hall–Kier alpha value is -1.49. The number of guanidine groups is 1. The summed E-state index contributed by atoms with van der Waals surface area (Å²) in [6, 6.07) is 6.22. The van der Waals surface area contributed by atoms with E-state index in [4.69, 9.17) is 0 Å². The fourth-order valence-corrected chi connectivity index (χ4v) is 2.95. The smallest absolute Gasteiger partial charge is 0.361 e. The molecule has 0 fully saturated rings. The van der Waals surface area contributed by atoms with Gasteiger partial charge in [-0.3, -0.25) is 9.89 Å². The molecular formula is C19H29F3IN5. The summed E-state index contributed by atoms with van der Waals surface area (Å²) in [6.07, 6.45) is -1.34. The fourth-order valence-electron chi connectivity index (χ4n) is 2.95. The highest BCUT2D eigenvalue weighted by atomic mass is 127. The van der Waals surface area contributed by atoms with Crippen LogP contribution < -0.4 is 10.6 Å². The first-order valence-electron chi connectivity index (χ1n) is 9.13. The van der Waals surface area contributed by atoms with Crippen LogP contribution in [0.2, 0.25) is 0 Å². The average Bonchev–Trinajstić information content (AvgIpc) is 2.98. The van der Waals surface area contributed by atoms with Crippen LogP contribution in [0.3, 0.4) is 0 Å². The first-order valence-corrected chi connectivity index (χ1v) is 9.13. The number of benzene rings is 1. The second kappa shape index (κ2) is 11.5. The quantitative estimate of drug-likeness (QED) is 0.288. The molecule has 2 aromatic rings. The molecule has 0 radical (unpaired) electrons. The molecule has 0 aliphatic rings. The minimum Gasteiger partial charge on any atom is -0.361 e. The first-order chi connectivity index (χ1) is 12.8. The van der Waals surface area contributed by atoms with Gasteiger partial charge in [0.2, 0.25) is 0 Å². The summed E-state index contributed by atoms with van der Waals surface area (Å²) >= 11 is 0. The lowest BCUT2D eigenvalue weighted by Gasteiger charge is -2.17. The predicted octanol–water partition coefficient (Wildman–Crippen LogP) is 3.69. The maximum absolute atomic E-state index is 12.3. The van der Waals surface area contributed by atoms with Gasteiger partial charge in [0, 0.05) is 36.7 Å². The molecule has 0 spiro atoms. The number of hydrogen-bond donors (Lipinski definition) is 3. The molecule has 0 atom stereocenters. The molecule has 5 nitrogen and oxygen atoms in total. The molecule has 3 N–H and O–H groups in total. The molecule has 0 saturated carbocycles. The third-order valence-electron chi connectivity index (χ3n) is 4.24. The van der Waals surface area contributed by atoms with Gasteiger partial charge < -0.3 is 15.6 Å². The fraction of sp³-hybridized carbons (Fsp3) is 0.526. The molecule has 2 rings (SSSR count). The van der Waals surface area contributed by atoms with E-state index in [1.54, 1.807) is 0 Å². The molecule has 1 aromatic carbocycles. The van der Waals surface area contributed by atoms with Crippen molar-refractivity contribution in [3.63, 3.8) is 0 Å². The zero-order valence-electron chi connectivity index (χ0n) is 16.5. The van der Waals surface area contributed by atoms with Gasteiger partial charge >= 0.3 is 6.18 Å². The Labute approximate surface area is 181 Å². The predicted molar refractivity (Wildman–Crippen MR) is 120 cm³/mol. The number of likely N-dealkylation sites (N-methyl/N-ethyl adjacent to an activating group) is 1. The molecule has 0 aliphatic carbocycles. The van der Waals surface area contributed by atoms with Crippen molar-refractivity contribution < 1.29 is 13.2 Å². The molecule has 0 bridgehead atoms. The van der Waals surface area contributed by atoms with Crippen LogP contribution in [0.4, 0.5) is 13.2 Å². The largest absolute Gasteiger partial charge is 0.401 e. The van der Waals surface area contributed by atoms with Gasteiger partial charge in [-0.1, -0.05) is 18.2 Å². The highest BCUT2D eigenvalue weighted by Crippen LogP contribution is 2.21. The number of hydrogen-bond acceptors (Lipinski definition) is 2. The van der Waals surface area contributed by atoms with Crippen molar-refractivity contribution >= 4 is 40.8 Å². The number of nitrogens with zero attached hydrogens (tertiary/aromatic N) is 2. The Balaban J connectivity index is 0.00000392. The van der Waals surface area contributed by atoms with Crippen LogP contribution in [0.5, 0.6) is 0 Å². The van der Waals surface area contributed by atoms with E-state index in [0.717, 1.165) is 11.9 Å². The number of aliphatic imine (C=N–C) groups is 1. The standard InChI is InChI=1S/C19H28F3N5.HI/c1-4-23-18(25-10-11-27(3)13-19(20,21)22)24-9-8-15-12-26-17-14(2)6-5-7-16(15)17;/h5-7,12,26H,4,8-11,13H2,1-3H3,(H2,23,24,25);1H. The molecule has 0 aliphatic heterocycles. The van der Waals surface area contributed by atoms with Crippen LogP contribution in [-0.4, -0.2) is 61.8 Å². The van der Waals surface area contributed by atoms with Crippen molar-refractivity contribution in [3.05, 3.63) is 35.5 Å². The van der Waals surface area contributed by atoms with Crippen LogP contribution in [0.15, 0.2) is 29.4 Å². The van der Waals surface area contributed by atoms with Gasteiger partial charge in [-0.2, -0.15) is 13.2 Å². The highest BCUT2D eigenvalue weighted by molar-refractivity contribution is 14.0. The number of para-hydroxylation sites is 1. The normalized spacial score (nSPS) is 12.3. The van der Waals surface area contributed by atoms with E-state index in [1.807, 2.05) is 19.2 Å². The van der Waals surface area contributed by atoms with E-state index in [-0.39, 0.29) is 30.5 Å². The minimum absolute atomic E-state index is 0. The minimum atomic E-state index is -4.18. The zero-order valence-corrected chi connectivity index (χ0v) is 18.8. The van der Waals surface area contributed by atoms with Gasteiger partial charge in [-0.05, 0) is 38.4 Å². The van der Waals surface area contributed by atoms with Gasteiger partial charge in [0.25, 0.3) is 0 Å². The Morgan fingerprint density at radius 3 is 2.68 bits per heavy atom. The van der Waals surface area contributed by atoms with Crippen molar-refractivity contribution in [2.45, 2.75) is 26.4 Å². The van der Waals surface area contributed by atoms with E-state index >= 15 is 0 Å². The molecule has 158 valence electrons. The number of aromatic amines is 1. The molecule has 28 heavy (non-hydrogen) atoms. The highest BCUT2D eigenvalue weighted by Gasteiger charge is 2.28. The van der Waals surface area contributed by atoms with E-state index < -0.39 is 12.7 Å². The lowest BCUT2D eigenvalue weighted by atomic mass is 10.1. The summed E-state index contributed by atoms with van der Waals surface area (Å²) < 4.78 is 37.0. The van der Waals surface area contributed by atoms with Crippen molar-refractivity contribution in [1.82, 2.24) is 20.5 Å². The van der Waals surface area contributed by atoms with Crippen molar-refractivity contribution in [2.24, 2.45) is 4.99 Å². The average molecular weight is 511 g/mol. The number of aromatic nitrogens is 1. The SMILES string of the molecule is CCNC(=NCCN(C)CC(F)(F)F)NCCc1c[nH]c2c(C)cccc12.I. The number of halogens is 4. The van der Waals surface area contributed by atoms with E-state index in [2.05, 4.69) is 39.7 Å². The van der Waals surface area contributed by atoms with Gasteiger partial charge in [0.15, 0.2) is 5.96 Å². The summed E-state index contributed by atoms with van der Waals surface area (Å²) in [4.78, 5) is 8.89. The summed E-state index contributed by atoms with van der Waals surface area (Å²) in [5, 5.41) is 7.58. The molecule has 9 heteroatoms. The van der Waals surface area contributed by atoms with Crippen molar-refractivity contribution in [2.75, 3.05) is 39.8 Å².